The molecule has 1 aliphatic rings. The van der Waals surface area contributed by atoms with Gasteiger partial charge in [0.25, 0.3) is 0 Å². The molecule has 0 heteroatoms. The largest absolute Gasteiger partial charge is 0.0628 e. The molecule has 1 aromatic rings. The van der Waals surface area contributed by atoms with Crippen LogP contribution in [0.25, 0.3) is 0 Å². The van der Waals surface area contributed by atoms with Gasteiger partial charge in [-0.3, -0.25) is 0 Å². The molecule has 0 aromatic heterocycles. The average molecular weight is 244 g/mol. The van der Waals surface area contributed by atoms with E-state index in [1.54, 1.807) is 11.1 Å². The van der Waals surface area contributed by atoms with Crippen LogP contribution in [0.3, 0.4) is 0 Å². The van der Waals surface area contributed by atoms with E-state index in [1.807, 2.05) is 0 Å². The van der Waals surface area contributed by atoms with Gasteiger partial charge < -0.3 is 0 Å². The second-order valence-corrected chi connectivity index (χ2v) is 6.65. The van der Waals surface area contributed by atoms with E-state index in [9.17, 15) is 0 Å². The maximum absolute atomic E-state index is 2.46. The molecule has 0 nitrogen and oxygen atoms in total. The number of hydrogen-bond acceptors (Lipinski definition) is 0. The fraction of sp³-hybridized carbons (Fsp3) is 0.667. The maximum atomic E-state index is 2.46. The van der Waals surface area contributed by atoms with Gasteiger partial charge in [-0.25, -0.2) is 0 Å². The molecule has 0 unspecified atom stereocenters. The van der Waals surface area contributed by atoms with E-state index in [-0.39, 0.29) is 0 Å². The standard InChI is InChI=1S/C18H28/c1-6-16-8-13(4)14(5)9-18(16)17-10-15(11-17)7-12(2)3/h8-9,12,15,17H,6-7,10-11H2,1-5H3. The van der Waals surface area contributed by atoms with Crippen molar-refractivity contribution in [1.29, 1.82) is 0 Å². The van der Waals surface area contributed by atoms with Gasteiger partial charge in [0.2, 0.25) is 0 Å². The summed E-state index contributed by atoms with van der Waals surface area (Å²) in [6.07, 6.45) is 5.45. The second-order valence-electron chi connectivity index (χ2n) is 6.65. The molecule has 0 N–H and O–H groups in total. The number of rotatable bonds is 4. The van der Waals surface area contributed by atoms with Crippen molar-refractivity contribution in [3.63, 3.8) is 0 Å². The molecule has 0 spiro atoms. The zero-order chi connectivity index (χ0) is 13.3. The molecule has 1 aliphatic carbocycles. The van der Waals surface area contributed by atoms with Gasteiger partial charge in [0, 0.05) is 0 Å². The Morgan fingerprint density at radius 1 is 1.11 bits per heavy atom. The summed E-state index contributed by atoms with van der Waals surface area (Å²) in [6.45, 7) is 11.5. The van der Waals surface area contributed by atoms with Gasteiger partial charge in [0.1, 0.15) is 0 Å². The molecule has 2 rings (SSSR count). The van der Waals surface area contributed by atoms with E-state index in [0.29, 0.717) is 0 Å². The van der Waals surface area contributed by atoms with Gasteiger partial charge in [0.15, 0.2) is 0 Å². The average Bonchev–Trinajstić information content (AvgIpc) is 2.26. The Balaban J connectivity index is 2.09. The Bertz CT molecular complexity index is 408. The fourth-order valence-electron chi connectivity index (χ4n) is 3.43. The Morgan fingerprint density at radius 2 is 1.72 bits per heavy atom. The summed E-state index contributed by atoms with van der Waals surface area (Å²) < 4.78 is 0. The number of hydrogen-bond donors (Lipinski definition) is 0. The highest BCUT2D eigenvalue weighted by Crippen LogP contribution is 2.46. The molecule has 18 heavy (non-hydrogen) atoms. The van der Waals surface area contributed by atoms with Crippen LogP contribution in [0.15, 0.2) is 12.1 Å². The zero-order valence-corrected chi connectivity index (χ0v) is 12.7. The minimum absolute atomic E-state index is 0.850. The van der Waals surface area contributed by atoms with Crippen LogP contribution < -0.4 is 0 Å². The molecule has 1 fully saturated rings. The molecule has 0 radical (unpaired) electrons. The van der Waals surface area contributed by atoms with E-state index in [2.05, 4.69) is 46.8 Å². The second kappa shape index (κ2) is 5.47. The van der Waals surface area contributed by atoms with Crippen LogP contribution >= 0.6 is 0 Å². The van der Waals surface area contributed by atoms with Gasteiger partial charge in [-0.2, -0.15) is 0 Å². The highest BCUT2D eigenvalue weighted by Gasteiger charge is 2.31. The quantitative estimate of drug-likeness (QED) is 0.664. The van der Waals surface area contributed by atoms with Crippen LogP contribution in [0.4, 0.5) is 0 Å². The van der Waals surface area contributed by atoms with Crippen molar-refractivity contribution < 1.29 is 0 Å². The van der Waals surface area contributed by atoms with Gasteiger partial charge in [-0.05, 0) is 79.5 Å². The Hall–Kier alpha value is -0.780. The lowest BCUT2D eigenvalue weighted by molar-refractivity contribution is 0.223. The third-order valence-electron chi connectivity index (χ3n) is 4.62. The molecular weight excluding hydrogens is 216 g/mol. The van der Waals surface area contributed by atoms with Crippen molar-refractivity contribution >= 4 is 0 Å². The summed E-state index contributed by atoms with van der Waals surface area (Å²) in [5, 5.41) is 0. The van der Waals surface area contributed by atoms with E-state index in [0.717, 1.165) is 17.8 Å². The van der Waals surface area contributed by atoms with Crippen molar-refractivity contribution in [2.75, 3.05) is 0 Å². The maximum Gasteiger partial charge on any atom is -0.0154 e. The van der Waals surface area contributed by atoms with Crippen LogP contribution in [0, 0.1) is 25.7 Å². The summed E-state index contributed by atoms with van der Waals surface area (Å²) in [4.78, 5) is 0. The van der Waals surface area contributed by atoms with E-state index in [4.69, 9.17) is 0 Å². The first kappa shape index (κ1) is 13.6. The van der Waals surface area contributed by atoms with Crippen LogP contribution in [0.1, 0.15) is 68.2 Å². The summed E-state index contributed by atoms with van der Waals surface area (Å²) in [5.74, 6) is 2.70. The highest BCUT2D eigenvalue weighted by molar-refractivity contribution is 5.40. The van der Waals surface area contributed by atoms with Crippen LogP contribution in [0.5, 0.6) is 0 Å². The smallest absolute Gasteiger partial charge is 0.0154 e. The van der Waals surface area contributed by atoms with Crippen LogP contribution in [-0.4, -0.2) is 0 Å². The van der Waals surface area contributed by atoms with Gasteiger partial charge in [-0.15, -0.1) is 0 Å². The topological polar surface area (TPSA) is 0 Å². The first-order chi connectivity index (χ1) is 8.51. The lowest BCUT2D eigenvalue weighted by Crippen LogP contribution is -2.24. The van der Waals surface area contributed by atoms with Gasteiger partial charge >= 0.3 is 0 Å². The predicted molar refractivity (Wildman–Crippen MR) is 80.2 cm³/mol. The third kappa shape index (κ3) is 2.79. The first-order valence-corrected chi connectivity index (χ1v) is 7.61. The third-order valence-corrected chi connectivity index (χ3v) is 4.62. The van der Waals surface area contributed by atoms with E-state index < -0.39 is 0 Å². The Morgan fingerprint density at radius 3 is 2.28 bits per heavy atom. The van der Waals surface area contributed by atoms with E-state index in [1.165, 1.54) is 36.8 Å². The van der Waals surface area contributed by atoms with E-state index >= 15 is 0 Å². The molecule has 0 aliphatic heterocycles. The molecule has 0 amide bonds. The van der Waals surface area contributed by atoms with Crippen LogP contribution in [-0.2, 0) is 6.42 Å². The lowest BCUT2D eigenvalue weighted by atomic mass is 9.67. The van der Waals surface area contributed by atoms with Gasteiger partial charge in [0.05, 0.1) is 0 Å². The van der Waals surface area contributed by atoms with Gasteiger partial charge in [-0.1, -0.05) is 32.9 Å². The van der Waals surface area contributed by atoms with Crippen molar-refractivity contribution in [2.45, 2.75) is 66.2 Å². The Kier molecular flexibility index (Phi) is 4.14. The normalized spacial score (nSPS) is 23.2. The van der Waals surface area contributed by atoms with Crippen molar-refractivity contribution in [2.24, 2.45) is 11.8 Å². The summed E-state index contributed by atoms with van der Waals surface area (Å²) in [6, 6.07) is 4.88. The molecule has 0 saturated heterocycles. The van der Waals surface area contributed by atoms with Crippen molar-refractivity contribution in [1.82, 2.24) is 0 Å². The summed E-state index contributed by atoms with van der Waals surface area (Å²) in [7, 11) is 0. The minimum Gasteiger partial charge on any atom is -0.0628 e. The molecule has 100 valence electrons. The Labute approximate surface area is 113 Å². The molecule has 0 atom stereocenters. The molecule has 1 aromatic carbocycles. The summed E-state index contributed by atoms with van der Waals surface area (Å²) in [5.41, 5.74) is 6.16. The number of aryl methyl sites for hydroxylation is 3. The molecule has 1 saturated carbocycles. The fourth-order valence-corrected chi connectivity index (χ4v) is 3.43. The SMILES string of the molecule is CCc1cc(C)c(C)cc1C1CC(CC(C)C)C1. The number of benzene rings is 1. The predicted octanol–water partition coefficient (Wildman–Crippen LogP) is 5.41. The molecule has 0 bridgehead atoms. The molecule has 0 heterocycles. The van der Waals surface area contributed by atoms with Crippen molar-refractivity contribution in [3.05, 3.63) is 34.4 Å². The first-order valence-electron chi connectivity index (χ1n) is 7.61. The van der Waals surface area contributed by atoms with Crippen molar-refractivity contribution in [3.8, 4) is 0 Å². The minimum atomic E-state index is 0.850. The van der Waals surface area contributed by atoms with Crippen LogP contribution in [0.2, 0.25) is 0 Å². The monoisotopic (exact) mass is 244 g/mol. The zero-order valence-electron chi connectivity index (χ0n) is 12.7. The lowest BCUT2D eigenvalue weighted by Gasteiger charge is -2.38. The summed E-state index contributed by atoms with van der Waals surface area (Å²) >= 11 is 0. The molecular formula is C18H28. The highest BCUT2D eigenvalue weighted by atomic mass is 14.4.